The lowest BCUT2D eigenvalue weighted by Crippen LogP contribution is -2.46. The second kappa shape index (κ2) is 5.72. The van der Waals surface area contributed by atoms with E-state index in [1.807, 2.05) is 12.3 Å². The summed E-state index contributed by atoms with van der Waals surface area (Å²) >= 11 is 0. The molecule has 0 bridgehead atoms. The molecule has 2 heterocycles. The number of para-hydroxylation sites is 1. The maximum absolute atomic E-state index is 12.6. The summed E-state index contributed by atoms with van der Waals surface area (Å²) in [5.74, 6) is 1.15. The van der Waals surface area contributed by atoms with Gasteiger partial charge in [0.25, 0.3) is 0 Å². The normalized spacial score (nSPS) is 22.7. The average Bonchev–Trinajstić information content (AvgIpc) is 3.02. The van der Waals surface area contributed by atoms with Gasteiger partial charge in [-0.3, -0.25) is 9.89 Å². The van der Waals surface area contributed by atoms with Crippen LogP contribution in [0, 0.1) is 12.8 Å². The Morgan fingerprint density at radius 2 is 2.26 bits per heavy atom. The van der Waals surface area contributed by atoms with Crippen LogP contribution in [-0.2, 0) is 24.1 Å². The van der Waals surface area contributed by atoms with Crippen LogP contribution < -0.4 is 10.1 Å². The lowest BCUT2D eigenvalue weighted by molar-refractivity contribution is -0.126. The first-order valence-electron chi connectivity index (χ1n) is 8.23. The number of amides is 1. The molecule has 5 nitrogen and oxygen atoms in total. The summed E-state index contributed by atoms with van der Waals surface area (Å²) < 4.78 is 5.87. The lowest BCUT2D eigenvalue weighted by atomic mass is 9.87. The van der Waals surface area contributed by atoms with Gasteiger partial charge in [-0.1, -0.05) is 18.2 Å². The zero-order chi connectivity index (χ0) is 15.8. The van der Waals surface area contributed by atoms with Crippen LogP contribution in [0.5, 0.6) is 5.75 Å². The summed E-state index contributed by atoms with van der Waals surface area (Å²) in [5.41, 5.74) is 4.70. The molecule has 120 valence electrons. The number of aromatic nitrogens is 2. The Bertz CT molecular complexity index is 738. The molecule has 0 radical (unpaired) electrons. The number of carbonyl (C=O) groups is 1. The lowest BCUT2D eigenvalue weighted by Gasteiger charge is -2.29. The zero-order valence-corrected chi connectivity index (χ0v) is 13.3. The highest BCUT2D eigenvalue weighted by Gasteiger charge is 2.29. The van der Waals surface area contributed by atoms with Crippen molar-refractivity contribution >= 4 is 5.91 Å². The Labute approximate surface area is 135 Å². The fourth-order valence-electron chi connectivity index (χ4n) is 3.63. The number of nitrogens with one attached hydrogen (secondary N) is 2. The van der Waals surface area contributed by atoms with Gasteiger partial charge in [-0.15, -0.1) is 0 Å². The van der Waals surface area contributed by atoms with Gasteiger partial charge in [0.05, 0.1) is 12.2 Å². The van der Waals surface area contributed by atoms with Crippen LogP contribution in [0.2, 0.25) is 0 Å². The van der Waals surface area contributed by atoms with Gasteiger partial charge in [0.15, 0.2) is 0 Å². The molecular formula is C18H21N3O2. The van der Waals surface area contributed by atoms with Crippen LogP contribution in [0.25, 0.3) is 0 Å². The molecule has 0 spiro atoms. The van der Waals surface area contributed by atoms with Gasteiger partial charge < -0.3 is 10.1 Å². The highest BCUT2D eigenvalue weighted by Crippen LogP contribution is 2.29. The number of carbonyl (C=O) groups excluding carboxylic acids is 1. The van der Waals surface area contributed by atoms with Crippen LogP contribution >= 0.6 is 0 Å². The van der Waals surface area contributed by atoms with Crippen LogP contribution in [0.4, 0.5) is 0 Å². The molecule has 0 saturated carbocycles. The van der Waals surface area contributed by atoms with Crippen molar-refractivity contribution < 1.29 is 9.53 Å². The fraction of sp³-hybridized carbons (Fsp3) is 0.444. The van der Waals surface area contributed by atoms with Crippen molar-refractivity contribution in [3.8, 4) is 5.75 Å². The Morgan fingerprint density at radius 3 is 3.17 bits per heavy atom. The standard InChI is InChI=1S/C18H21N3O2/c1-11-3-2-4-12-7-15(10-23-17(11)12)20-18(22)13-5-6-14-9-19-21-16(14)8-13/h2-4,9,13,15H,5-8,10H2,1H3,(H,19,21)(H,20,22). The monoisotopic (exact) mass is 311 g/mol. The van der Waals surface area contributed by atoms with E-state index < -0.39 is 0 Å². The maximum Gasteiger partial charge on any atom is 0.223 e. The van der Waals surface area contributed by atoms with Gasteiger partial charge in [0, 0.05) is 18.0 Å². The molecule has 1 aliphatic carbocycles. The van der Waals surface area contributed by atoms with Crippen molar-refractivity contribution in [2.45, 2.75) is 38.6 Å². The first-order valence-corrected chi connectivity index (χ1v) is 8.23. The second-order valence-electron chi connectivity index (χ2n) is 6.60. The number of fused-ring (bicyclic) bond motifs is 2. The minimum atomic E-state index is 0.0295. The maximum atomic E-state index is 12.6. The quantitative estimate of drug-likeness (QED) is 0.891. The molecule has 0 saturated heterocycles. The third kappa shape index (κ3) is 2.71. The summed E-state index contributed by atoms with van der Waals surface area (Å²) in [5, 5.41) is 10.3. The number of ether oxygens (including phenoxy) is 1. The molecule has 23 heavy (non-hydrogen) atoms. The molecule has 2 unspecified atom stereocenters. The van der Waals surface area contributed by atoms with Gasteiger partial charge in [0.2, 0.25) is 5.91 Å². The Hall–Kier alpha value is -2.30. The zero-order valence-electron chi connectivity index (χ0n) is 13.3. The number of hydrogen-bond donors (Lipinski definition) is 2. The van der Waals surface area contributed by atoms with E-state index >= 15 is 0 Å². The number of rotatable bonds is 2. The van der Waals surface area contributed by atoms with Gasteiger partial charge in [-0.2, -0.15) is 5.10 Å². The Kier molecular flexibility index (Phi) is 3.56. The highest BCUT2D eigenvalue weighted by atomic mass is 16.5. The van der Waals surface area contributed by atoms with Crippen LogP contribution in [0.15, 0.2) is 24.4 Å². The number of aryl methyl sites for hydroxylation is 2. The number of aromatic amines is 1. The van der Waals surface area contributed by atoms with Crippen molar-refractivity contribution in [3.05, 3.63) is 46.8 Å². The predicted octanol–water partition coefficient (Wildman–Crippen LogP) is 1.94. The van der Waals surface area contributed by atoms with Gasteiger partial charge in [-0.25, -0.2) is 0 Å². The van der Waals surface area contributed by atoms with Crippen molar-refractivity contribution in [1.29, 1.82) is 0 Å². The largest absolute Gasteiger partial charge is 0.491 e. The smallest absolute Gasteiger partial charge is 0.223 e. The SMILES string of the molecule is Cc1cccc2c1OCC(NC(=O)C1CCc3cn[nH]c3C1)C2. The molecule has 4 rings (SSSR count). The Balaban J connectivity index is 1.40. The third-order valence-electron chi connectivity index (χ3n) is 4.93. The number of benzene rings is 1. The van der Waals surface area contributed by atoms with E-state index in [9.17, 15) is 4.79 Å². The van der Waals surface area contributed by atoms with Crippen molar-refractivity contribution in [2.24, 2.45) is 5.92 Å². The first-order chi connectivity index (χ1) is 11.2. The van der Waals surface area contributed by atoms with E-state index in [0.29, 0.717) is 6.61 Å². The van der Waals surface area contributed by atoms with Crippen LogP contribution in [0.3, 0.4) is 0 Å². The molecule has 2 aliphatic rings. The summed E-state index contributed by atoms with van der Waals surface area (Å²) in [6, 6.07) is 6.24. The van der Waals surface area contributed by atoms with Crippen molar-refractivity contribution in [2.75, 3.05) is 6.61 Å². The van der Waals surface area contributed by atoms with E-state index in [2.05, 4.69) is 34.6 Å². The molecular weight excluding hydrogens is 290 g/mol. The average molecular weight is 311 g/mol. The van der Waals surface area contributed by atoms with E-state index in [4.69, 9.17) is 4.74 Å². The molecule has 1 aliphatic heterocycles. The minimum absolute atomic E-state index is 0.0295. The molecule has 1 aromatic carbocycles. The summed E-state index contributed by atoms with van der Waals surface area (Å²) in [4.78, 5) is 12.6. The summed E-state index contributed by atoms with van der Waals surface area (Å²) in [6.07, 6.45) is 5.28. The van der Waals surface area contributed by atoms with E-state index in [1.54, 1.807) is 0 Å². The van der Waals surface area contributed by atoms with Gasteiger partial charge in [0.1, 0.15) is 12.4 Å². The van der Waals surface area contributed by atoms with Gasteiger partial charge in [-0.05, 0) is 42.9 Å². The minimum Gasteiger partial charge on any atom is -0.491 e. The fourth-order valence-corrected chi connectivity index (χ4v) is 3.63. The molecule has 2 N–H and O–H groups in total. The van der Waals surface area contributed by atoms with E-state index in [0.717, 1.165) is 42.7 Å². The molecule has 2 aromatic rings. The molecule has 2 atom stereocenters. The Morgan fingerprint density at radius 1 is 1.35 bits per heavy atom. The molecule has 1 aromatic heterocycles. The molecule has 0 fully saturated rings. The predicted molar refractivity (Wildman–Crippen MR) is 86.4 cm³/mol. The second-order valence-corrected chi connectivity index (χ2v) is 6.60. The topological polar surface area (TPSA) is 67.0 Å². The molecule has 5 heteroatoms. The third-order valence-corrected chi connectivity index (χ3v) is 4.93. The van der Waals surface area contributed by atoms with Crippen molar-refractivity contribution in [1.82, 2.24) is 15.5 Å². The molecule has 1 amide bonds. The first kappa shape index (κ1) is 14.3. The van der Waals surface area contributed by atoms with Crippen LogP contribution in [0.1, 0.15) is 28.8 Å². The van der Waals surface area contributed by atoms with Crippen LogP contribution in [-0.4, -0.2) is 28.8 Å². The van der Waals surface area contributed by atoms with E-state index in [1.165, 1.54) is 11.1 Å². The van der Waals surface area contributed by atoms with Crippen molar-refractivity contribution in [3.63, 3.8) is 0 Å². The number of H-pyrrole nitrogens is 1. The summed E-state index contributed by atoms with van der Waals surface area (Å²) in [7, 11) is 0. The summed E-state index contributed by atoms with van der Waals surface area (Å²) in [6.45, 7) is 2.60. The van der Waals surface area contributed by atoms with E-state index in [-0.39, 0.29) is 17.9 Å². The number of nitrogens with zero attached hydrogens (tertiary/aromatic N) is 1. The number of hydrogen-bond acceptors (Lipinski definition) is 3. The van der Waals surface area contributed by atoms with Gasteiger partial charge >= 0.3 is 0 Å². The highest BCUT2D eigenvalue weighted by molar-refractivity contribution is 5.79.